The zero-order chi connectivity index (χ0) is 35.1. The van der Waals surface area contributed by atoms with Crippen LogP contribution in [-0.4, -0.2) is 11.7 Å². The Morgan fingerprint density at radius 1 is 0.396 bits per heavy atom. The van der Waals surface area contributed by atoms with E-state index in [-0.39, 0.29) is 0 Å². The minimum atomic E-state index is -0.433. The predicted octanol–water partition coefficient (Wildman–Crippen LogP) is 12.2. The van der Waals surface area contributed by atoms with Crippen molar-refractivity contribution in [2.45, 2.75) is 6.17 Å². The molecular formula is C49H33N3O. The van der Waals surface area contributed by atoms with Crippen LogP contribution in [0, 0.1) is 0 Å². The number of hydrogen-bond acceptors (Lipinski definition) is 4. The molecule has 2 heterocycles. The van der Waals surface area contributed by atoms with Crippen molar-refractivity contribution in [1.29, 1.82) is 0 Å². The highest BCUT2D eigenvalue weighted by Gasteiger charge is 2.23. The summed E-state index contributed by atoms with van der Waals surface area (Å²) in [4.78, 5) is 10.3. The van der Waals surface area contributed by atoms with Gasteiger partial charge in [0.05, 0.1) is 0 Å². The molecule has 0 amide bonds. The SMILES string of the molecule is c1ccc(C2=NC(c3cccc(-c4ccc(-c5cccc6ccccc56)c5oc6c(-c7ccccc7)cccc6c45)c3)N=C(c3ccccc3)N2)cc1. The molecule has 0 unspecified atom stereocenters. The molecule has 0 spiro atoms. The van der Waals surface area contributed by atoms with E-state index in [1.807, 2.05) is 42.5 Å². The number of furan rings is 1. The minimum absolute atomic E-state index is 0.433. The fourth-order valence-electron chi connectivity index (χ4n) is 7.61. The van der Waals surface area contributed by atoms with E-state index < -0.39 is 6.17 Å². The summed E-state index contributed by atoms with van der Waals surface area (Å²) in [5.41, 5.74) is 11.4. The summed E-state index contributed by atoms with van der Waals surface area (Å²) in [5, 5.41) is 8.08. The van der Waals surface area contributed by atoms with Crippen molar-refractivity contribution in [2.24, 2.45) is 9.98 Å². The largest absolute Gasteiger partial charge is 0.455 e. The number of fused-ring (bicyclic) bond motifs is 4. The van der Waals surface area contributed by atoms with E-state index >= 15 is 0 Å². The van der Waals surface area contributed by atoms with Gasteiger partial charge in [0, 0.05) is 33.0 Å². The lowest BCUT2D eigenvalue weighted by molar-refractivity contribution is 0.671. The first-order valence-corrected chi connectivity index (χ1v) is 17.9. The maximum atomic E-state index is 7.06. The van der Waals surface area contributed by atoms with Gasteiger partial charge in [0.25, 0.3) is 0 Å². The number of amidine groups is 2. The van der Waals surface area contributed by atoms with Gasteiger partial charge in [0.2, 0.25) is 0 Å². The molecule has 0 aliphatic carbocycles. The van der Waals surface area contributed by atoms with Crippen molar-refractivity contribution in [3.63, 3.8) is 0 Å². The van der Waals surface area contributed by atoms with Gasteiger partial charge in [-0.1, -0.05) is 176 Å². The number of hydrogen-bond donors (Lipinski definition) is 1. The van der Waals surface area contributed by atoms with Crippen molar-refractivity contribution in [3.05, 3.63) is 205 Å². The number of rotatable bonds is 6. The van der Waals surface area contributed by atoms with Crippen LogP contribution in [-0.2, 0) is 0 Å². The van der Waals surface area contributed by atoms with Gasteiger partial charge in [0.15, 0.2) is 6.17 Å². The topological polar surface area (TPSA) is 49.9 Å². The monoisotopic (exact) mass is 679 g/mol. The molecule has 0 atom stereocenters. The molecule has 9 aromatic rings. The maximum Gasteiger partial charge on any atom is 0.169 e. The first kappa shape index (κ1) is 30.8. The zero-order valence-corrected chi connectivity index (χ0v) is 28.8. The van der Waals surface area contributed by atoms with Crippen molar-refractivity contribution >= 4 is 44.4 Å². The van der Waals surface area contributed by atoms with Gasteiger partial charge in [-0.2, -0.15) is 0 Å². The molecule has 1 aliphatic heterocycles. The van der Waals surface area contributed by atoms with Crippen molar-refractivity contribution in [1.82, 2.24) is 5.32 Å². The number of nitrogens with one attached hydrogen (secondary N) is 1. The number of para-hydroxylation sites is 1. The van der Waals surface area contributed by atoms with Crippen LogP contribution < -0.4 is 5.32 Å². The molecule has 4 heteroatoms. The molecule has 8 aromatic carbocycles. The van der Waals surface area contributed by atoms with Crippen LogP contribution >= 0.6 is 0 Å². The summed E-state index contributed by atoms with van der Waals surface area (Å²) in [5.74, 6) is 1.59. The Bertz CT molecular complexity index is 2790. The summed E-state index contributed by atoms with van der Waals surface area (Å²) >= 11 is 0. The summed E-state index contributed by atoms with van der Waals surface area (Å²) < 4.78 is 7.06. The fourth-order valence-corrected chi connectivity index (χ4v) is 7.61. The van der Waals surface area contributed by atoms with E-state index in [0.29, 0.717) is 0 Å². The van der Waals surface area contributed by atoms with Crippen molar-refractivity contribution in [3.8, 4) is 33.4 Å². The second kappa shape index (κ2) is 12.9. The van der Waals surface area contributed by atoms with Gasteiger partial charge in [-0.15, -0.1) is 0 Å². The molecule has 0 saturated carbocycles. The Kier molecular flexibility index (Phi) is 7.51. The molecule has 0 saturated heterocycles. The molecule has 0 radical (unpaired) electrons. The minimum Gasteiger partial charge on any atom is -0.455 e. The van der Waals surface area contributed by atoms with Crippen molar-refractivity contribution in [2.75, 3.05) is 0 Å². The van der Waals surface area contributed by atoms with Gasteiger partial charge in [0.1, 0.15) is 22.8 Å². The summed E-state index contributed by atoms with van der Waals surface area (Å²) in [6, 6.07) is 65.7. The first-order chi connectivity index (χ1) is 26.3. The number of benzene rings is 8. The highest BCUT2D eigenvalue weighted by atomic mass is 16.3. The maximum absolute atomic E-state index is 7.06. The quantitative estimate of drug-likeness (QED) is 0.190. The molecule has 0 bridgehead atoms. The van der Waals surface area contributed by atoms with E-state index in [0.717, 1.165) is 83.7 Å². The van der Waals surface area contributed by atoms with Crippen LogP contribution in [0.25, 0.3) is 66.1 Å². The van der Waals surface area contributed by atoms with Crippen LogP contribution in [0.1, 0.15) is 22.9 Å². The Morgan fingerprint density at radius 3 is 1.68 bits per heavy atom. The third-order valence-corrected chi connectivity index (χ3v) is 10.1. The van der Waals surface area contributed by atoms with Crippen molar-refractivity contribution < 1.29 is 4.42 Å². The van der Waals surface area contributed by atoms with Crippen LogP contribution in [0.2, 0.25) is 0 Å². The average molecular weight is 680 g/mol. The summed E-state index contributed by atoms with van der Waals surface area (Å²) in [6.45, 7) is 0. The molecule has 1 aromatic heterocycles. The van der Waals surface area contributed by atoms with Gasteiger partial charge in [-0.05, 0) is 50.7 Å². The first-order valence-electron chi connectivity index (χ1n) is 17.9. The molecular weight excluding hydrogens is 647 g/mol. The molecule has 4 nitrogen and oxygen atoms in total. The molecule has 0 fully saturated rings. The summed E-state index contributed by atoms with van der Waals surface area (Å²) in [7, 11) is 0. The summed E-state index contributed by atoms with van der Waals surface area (Å²) in [6.07, 6.45) is -0.433. The van der Waals surface area contributed by atoms with E-state index in [1.165, 1.54) is 10.8 Å². The molecule has 1 N–H and O–H groups in total. The second-order valence-corrected chi connectivity index (χ2v) is 13.4. The Labute approximate surface area is 307 Å². The lowest BCUT2D eigenvalue weighted by Gasteiger charge is -2.22. The molecule has 53 heavy (non-hydrogen) atoms. The predicted molar refractivity (Wildman–Crippen MR) is 219 cm³/mol. The van der Waals surface area contributed by atoms with E-state index in [9.17, 15) is 0 Å². The fraction of sp³-hybridized carbons (Fsp3) is 0.0204. The average Bonchev–Trinajstić information content (AvgIpc) is 3.64. The normalized spacial score (nSPS) is 13.2. The highest BCUT2D eigenvalue weighted by molar-refractivity contribution is 6.20. The van der Waals surface area contributed by atoms with Gasteiger partial charge in [-0.25, -0.2) is 9.98 Å². The van der Waals surface area contributed by atoms with Crippen LogP contribution in [0.5, 0.6) is 0 Å². The van der Waals surface area contributed by atoms with E-state index in [4.69, 9.17) is 14.4 Å². The highest BCUT2D eigenvalue weighted by Crippen LogP contribution is 2.45. The second-order valence-electron chi connectivity index (χ2n) is 13.4. The standard InChI is InChI=1S/C49H33N3O/c1-4-15-33(16-5-1)40-26-14-28-43-44-39(29-30-42(46(44)53-45(40)43)41-27-13-22-32-17-10-11-25-38(32)41)36-23-12-24-37(31-36)49-51-47(34-18-6-2-7-19-34)50-48(52-49)35-20-8-3-9-21-35/h1-31,49H,(H,50,51,52). The van der Waals surface area contributed by atoms with Gasteiger partial charge >= 0.3 is 0 Å². The molecule has 1 aliphatic rings. The number of aliphatic imine (C=N–C) groups is 2. The van der Waals surface area contributed by atoms with E-state index in [2.05, 4.69) is 151 Å². The van der Waals surface area contributed by atoms with Crippen LogP contribution in [0.4, 0.5) is 0 Å². The van der Waals surface area contributed by atoms with E-state index in [1.54, 1.807) is 0 Å². The van der Waals surface area contributed by atoms with Crippen LogP contribution in [0.15, 0.2) is 202 Å². The Balaban J connectivity index is 1.18. The molecule has 250 valence electrons. The Morgan fingerprint density at radius 2 is 0.943 bits per heavy atom. The van der Waals surface area contributed by atoms with Gasteiger partial charge < -0.3 is 9.73 Å². The third kappa shape index (κ3) is 5.49. The smallest absolute Gasteiger partial charge is 0.169 e. The van der Waals surface area contributed by atoms with Crippen LogP contribution in [0.3, 0.4) is 0 Å². The zero-order valence-electron chi connectivity index (χ0n) is 28.8. The lowest BCUT2D eigenvalue weighted by Crippen LogP contribution is -2.35. The lowest BCUT2D eigenvalue weighted by atomic mass is 9.91. The number of nitrogens with zero attached hydrogens (tertiary/aromatic N) is 2. The Hall–Kier alpha value is -7.04. The molecule has 10 rings (SSSR count). The van der Waals surface area contributed by atoms with Gasteiger partial charge in [-0.3, -0.25) is 0 Å². The third-order valence-electron chi connectivity index (χ3n) is 10.1.